The Labute approximate surface area is 125 Å². The third-order valence-electron chi connectivity index (χ3n) is 2.76. The molecule has 2 nitrogen and oxygen atoms in total. The first-order valence-electron chi connectivity index (χ1n) is 5.71. The van der Waals surface area contributed by atoms with Gasteiger partial charge in [-0.25, -0.2) is 17.6 Å². The molecule has 0 atom stereocenters. The van der Waals surface area contributed by atoms with E-state index in [1.165, 1.54) is 6.92 Å². The number of aryl methyl sites for hydroxylation is 1. The molecule has 1 amide bonds. The molecule has 0 aliphatic carbocycles. The van der Waals surface area contributed by atoms with E-state index in [0.29, 0.717) is 0 Å². The summed E-state index contributed by atoms with van der Waals surface area (Å²) in [6.45, 7) is 1.34. The van der Waals surface area contributed by atoms with Crippen molar-refractivity contribution in [1.29, 1.82) is 0 Å². The molecule has 0 radical (unpaired) electrons. The smallest absolute Gasteiger partial charge is 0.261 e. The summed E-state index contributed by atoms with van der Waals surface area (Å²) in [5, 5.41) is 1.84. The molecule has 0 heterocycles. The molecule has 2 aromatic rings. The van der Waals surface area contributed by atoms with Crippen LogP contribution in [0.5, 0.6) is 0 Å². The molecule has 2 rings (SSSR count). The number of rotatable bonds is 2. The van der Waals surface area contributed by atoms with Crippen molar-refractivity contribution < 1.29 is 22.4 Å². The van der Waals surface area contributed by atoms with Gasteiger partial charge in [-0.1, -0.05) is 22.0 Å². The molecule has 7 heteroatoms. The first kappa shape index (κ1) is 15.5. The monoisotopic (exact) mass is 361 g/mol. The van der Waals surface area contributed by atoms with Crippen LogP contribution in [-0.2, 0) is 0 Å². The topological polar surface area (TPSA) is 29.1 Å². The van der Waals surface area contributed by atoms with Crippen molar-refractivity contribution in [3.05, 3.63) is 63.1 Å². The molecule has 0 aliphatic heterocycles. The number of amides is 1. The number of carbonyl (C=O) groups excluding carboxylic acids is 1. The van der Waals surface area contributed by atoms with Crippen molar-refractivity contribution in [1.82, 2.24) is 0 Å². The molecule has 0 saturated carbocycles. The second-order valence-electron chi connectivity index (χ2n) is 4.25. The highest BCUT2D eigenvalue weighted by Gasteiger charge is 2.22. The van der Waals surface area contributed by atoms with Gasteiger partial charge in [-0.05, 0) is 30.7 Å². The lowest BCUT2D eigenvalue weighted by atomic mass is 10.1. The van der Waals surface area contributed by atoms with E-state index < -0.39 is 40.4 Å². The summed E-state index contributed by atoms with van der Waals surface area (Å²) < 4.78 is 54.7. The fourth-order valence-corrected chi connectivity index (χ4v) is 2.10. The normalized spacial score (nSPS) is 10.6. The predicted octanol–water partition coefficient (Wildman–Crippen LogP) is 4.57. The van der Waals surface area contributed by atoms with Crippen LogP contribution in [0.25, 0.3) is 0 Å². The van der Waals surface area contributed by atoms with Gasteiger partial charge < -0.3 is 5.32 Å². The Balaban J connectivity index is 2.42. The zero-order valence-electron chi connectivity index (χ0n) is 10.6. The minimum Gasteiger partial charge on any atom is -0.317 e. The molecule has 0 aliphatic rings. The van der Waals surface area contributed by atoms with E-state index in [2.05, 4.69) is 15.9 Å². The number of benzene rings is 2. The van der Waals surface area contributed by atoms with Crippen LogP contribution in [0.2, 0.25) is 0 Å². The maximum absolute atomic E-state index is 13.8. The minimum atomic E-state index is -1.27. The summed E-state index contributed by atoms with van der Waals surface area (Å²) in [4.78, 5) is 11.9. The third kappa shape index (κ3) is 3.07. The van der Waals surface area contributed by atoms with Gasteiger partial charge in [-0.3, -0.25) is 4.79 Å². The van der Waals surface area contributed by atoms with Gasteiger partial charge in [-0.15, -0.1) is 0 Å². The molecule has 0 unspecified atom stereocenters. The Hall–Kier alpha value is -1.89. The largest absolute Gasteiger partial charge is 0.317 e. The van der Waals surface area contributed by atoms with Gasteiger partial charge in [-0.2, -0.15) is 0 Å². The summed E-state index contributed by atoms with van der Waals surface area (Å²) in [5.41, 5.74) is -1.63. The maximum atomic E-state index is 13.8. The van der Waals surface area contributed by atoms with E-state index in [0.717, 1.165) is 24.3 Å². The van der Waals surface area contributed by atoms with Crippen LogP contribution in [0.1, 0.15) is 15.9 Å². The molecule has 0 fully saturated rings. The van der Waals surface area contributed by atoms with Crippen LogP contribution in [0.4, 0.5) is 23.2 Å². The predicted molar refractivity (Wildman–Crippen MR) is 73.1 cm³/mol. The van der Waals surface area contributed by atoms with Crippen molar-refractivity contribution in [3.8, 4) is 0 Å². The molecule has 110 valence electrons. The SMILES string of the molecule is Cc1ccc(F)c(C(=O)Nc2c(F)cc(Br)cc2F)c1F. The van der Waals surface area contributed by atoms with E-state index in [1.807, 2.05) is 5.32 Å². The van der Waals surface area contributed by atoms with E-state index >= 15 is 0 Å². The summed E-state index contributed by atoms with van der Waals surface area (Å²) in [6.07, 6.45) is 0. The Bertz CT molecular complexity index is 710. The van der Waals surface area contributed by atoms with Gasteiger partial charge in [0.25, 0.3) is 5.91 Å². The highest BCUT2D eigenvalue weighted by atomic mass is 79.9. The standard InChI is InChI=1S/C14H8BrF4NO/c1-6-2-3-8(16)11(12(6)19)14(21)20-13-9(17)4-7(15)5-10(13)18/h2-5H,1H3,(H,20,21). The van der Waals surface area contributed by atoms with E-state index in [4.69, 9.17) is 0 Å². The number of nitrogens with one attached hydrogen (secondary N) is 1. The van der Waals surface area contributed by atoms with E-state index in [1.54, 1.807) is 0 Å². The van der Waals surface area contributed by atoms with E-state index in [9.17, 15) is 22.4 Å². The highest BCUT2D eigenvalue weighted by molar-refractivity contribution is 9.10. The molecular formula is C14H8BrF4NO. The Morgan fingerprint density at radius 3 is 2.19 bits per heavy atom. The summed E-state index contributed by atoms with van der Waals surface area (Å²) in [7, 11) is 0. The quantitative estimate of drug-likeness (QED) is 0.780. The third-order valence-corrected chi connectivity index (χ3v) is 3.21. The lowest BCUT2D eigenvalue weighted by Crippen LogP contribution is -2.18. The van der Waals surface area contributed by atoms with Gasteiger partial charge in [0, 0.05) is 4.47 Å². The summed E-state index contributed by atoms with van der Waals surface area (Å²) >= 11 is 2.88. The number of carbonyl (C=O) groups is 1. The van der Waals surface area contributed by atoms with Crippen molar-refractivity contribution in [2.45, 2.75) is 6.92 Å². The Morgan fingerprint density at radius 1 is 1.05 bits per heavy atom. The average molecular weight is 362 g/mol. The number of anilines is 1. The minimum absolute atomic E-state index is 0.0401. The molecule has 0 bridgehead atoms. The average Bonchev–Trinajstić information content (AvgIpc) is 2.38. The van der Waals surface area contributed by atoms with Crippen LogP contribution < -0.4 is 5.32 Å². The molecule has 21 heavy (non-hydrogen) atoms. The second-order valence-corrected chi connectivity index (χ2v) is 5.17. The van der Waals surface area contributed by atoms with Gasteiger partial charge in [0.15, 0.2) is 11.6 Å². The molecule has 0 aromatic heterocycles. The number of hydrogen-bond acceptors (Lipinski definition) is 1. The molecular weight excluding hydrogens is 354 g/mol. The molecule has 2 aromatic carbocycles. The first-order chi connectivity index (χ1) is 9.81. The van der Waals surface area contributed by atoms with Gasteiger partial charge >= 0.3 is 0 Å². The number of hydrogen-bond donors (Lipinski definition) is 1. The zero-order chi connectivity index (χ0) is 15.7. The fraction of sp³-hybridized carbons (Fsp3) is 0.0714. The Morgan fingerprint density at radius 2 is 1.62 bits per heavy atom. The summed E-state index contributed by atoms with van der Waals surface area (Å²) in [6, 6.07) is 3.90. The Kier molecular flexibility index (Phi) is 4.32. The number of halogens is 5. The summed E-state index contributed by atoms with van der Waals surface area (Å²) in [5.74, 6) is -5.60. The maximum Gasteiger partial charge on any atom is 0.261 e. The van der Waals surface area contributed by atoms with Gasteiger partial charge in [0.2, 0.25) is 0 Å². The van der Waals surface area contributed by atoms with Crippen molar-refractivity contribution in [2.75, 3.05) is 5.32 Å². The van der Waals surface area contributed by atoms with Gasteiger partial charge in [0.1, 0.15) is 22.9 Å². The first-order valence-corrected chi connectivity index (χ1v) is 6.51. The van der Waals surface area contributed by atoms with Crippen molar-refractivity contribution in [3.63, 3.8) is 0 Å². The fourth-order valence-electron chi connectivity index (χ4n) is 1.70. The molecule has 1 N–H and O–H groups in total. The van der Waals surface area contributed by atoms with Crippen LogP contribution in [0.3, 0.4) is 0 Å². The second kappa shape index (κ2) is 5.85. The van der Waals surface area contributed by atoms with Crippen LogP contribution in [0.15, 0.2) is 28.7 Å². The molecule has 0 spiro atoms. The van der Waals surface area contributed by atoms with E-state index in [-0.39, 0.29) is 10.0 Å². The zero-order valence-corrected chi connectivity index (χ0v) is 12.2. The highest BCUT2D eigenvalue weighted by Crippen LogP contribution is 2.25. The van der Waals surface area contributed by atoms with Gasteiger partial charge in [0.05, 0.1) is 0 Å². The van der Waals surface area contributed by atoms with Crippen LogP contribution in [0, 0.1) is 30.2 Å². The van der Waals surface area contributed by atoms with Crippen LogP contribution in [-0.4, -0.2) is 5.91 Å². The lowest BCUT2D eigenvalue weighted by Gasteiger charge is -2.10. The lowest BCUT2D eigenvalue weighted by molar-refractivity contribution is 0.101. The van der Waals surface area contributed by atoms with Crippen molar-refractivity contribution in [2.24, 2.45) is 0 Å². The van der Waals surface area contributed by atoms with Crippen molar-refractivity contribution >= 4 is 27.5 Å². The molecule has 0 saturated heterocycles. The van der Waals surface area contributed by atoms with Crippen LogP contribution >= 0.6 is 15.9 Å².